The van der Waals surface area contributed by atoms with Crippen LogP contribution < -0.4 is 5.32 Å². The van der Waals surface area contributed by atoms with E-state index in [1.807, 2.05) is 0 Å². The first-order chi connectivity index (χ1) is 7.70. The molecular formula is C14H30N2O. The van der Waals surface area contributed by atoms with Crippen molar-refractivity contribution in [2.24, 2.45) is 5.41 Å². The van der Waals surface area contributed by atoms with Gasteiger partial charge in [0.05, 0.1) is 12.2 Å². The third kappa shape index (κ3) is 5.84. The average Bonchev–Trinajstić information content (AvgIpc) is 2.12. The van der Waals surface area contributed by atoms with E-state index in [1.165, 1.54) is 0 Å². The molecule has 1 rings (SSSR count). The quantitative estimate of drug-likeness (QED) is 0.799. The molecule has 0 aliphatic carbocycles. The molecule has 1 heterocycles. The smallest absolute Gasteiger partial charge is 0.0753 e. The second-order valence-corrected chi connectivity index (χ2v) is 7.02. The van der Waals surface area contributed by atoms with Crippen LogP contribution in [0.2, 0.25) is 0 Å². The maximum absolute atomic E-state index is 5.75. The van der Waals surface area contributed by atoms with Gasteiger partial charge in [0, 0.05) is 32.2 Å². The number of nitrogens with one attached hydrogen (secondary N) is 1. The third-order valence-electron chi connectivity index (χ3n) is 3.15. The summed E-state index contributed by atoms with van der Waals surface area (Å²) in [5.74, 6) is 0. The predicted molar refractivity (Wildman–Crippen MR) is 73.4 cm³/mol. The van der Waals surface area contributed by atoms with Crippen LogP contribution in [0, 0.1) is 5.41 Å². The van der Waals surface area contributed by atoms with Crippen LogP contribution in [-0.4, -0.2) is 49.3 Å². The number of hydrogen-bond donors (Lipinski definition) is 1. The van der Waals surface area contributed by atoms with Crippen molar-refractivity contribution in [2.45, 2.75) is 53.2 Å². The molecule has 0 aromatic carbocycles. The lowest BCUT2D eigenvalue weighted by Crippen LogP contribution is -2.52. The van der Waals surface area contributed by atoms with E-state index in [-0.39, 0.29) is 5.60 Å². The number of nitrogens with zero attached hydrogens (tertiary/aromatic N) is 1. The molecule has 3 heteroatoms. The van der Waals surface area contributed by atoms with E-state index < -0.39 is 0 Å². The Morgan fingerprint density at radius 1 is 1.35 bits per heavy atom. The normalized spacial score (nSPS) is 22.1. The molecular weight excluding hydrogens is 212 g/mol. The van der Waals surface area contributed by atoms with Gasteiger partial charge < -0.3 is 10.1 Å². The van der Waals surface area contributed by atoms with Gasteiger partial charge in [-0.1, -0.05) is 27.7 Å². The molecule has 0 atom stereocenters. The summed E-state index contributed by atoms with van der Waals surface area (Å²) in [6.45, 7) is 18.6. The van der Waals surface area contributed by atoms with Crippen LogP contribution in [-0.2, 0) is 4.74 Å². The zero-order valence-electron chi connectivity index (χ0n) is 12.5. The van der Waals surface area contributed by atoms with Crippen LogP contribution in [0.4, 0.5) is 0 Å². The Kier molecular flexibility index (Phi) is 4.99. The van der Waals surface area contributed by atoms with Gasteiger partial charge in [-0.05, 0) is 19.3 Å². The monoisotopic (exact) mass is 242 g/mol. The summed E-state index contributed by atoms with van der Waals surface area (Å²) in [4.78, 5) is 2.53. The lowest BCUT2D eigenvalue weighted by Gasteiger charge is -2.41. The predicted octanol–water partition coefficient (Wildman–Crippen LogP) is 2.12. The molecule has 0 amide bonds. The Balaban J connectivity index is 2.41. The van der Waals surface area contributed by atoms with Gasteiger partial charge in [-0.15, -0.1) is 0 Å². The van der Waals surface area contributed by atoms with Crippen molar-refractivity contribution < 1.29 is 4.74 Å². The Hall–Kier alpha value is -0.120. The zero-order chi connectivity index (χ0) is 13.1. The fourth-order valence-corrected chi connectivity index (χ4v) is 2.39. The lowest BCUT2D eigenvalue weighted by atomic mass is 9.91. The van der Waals surface area contributed by atoms with Gasteiger partial charge in [0.15, 0.2) is 0 Å². The summed E-state index contributed by atoms with van der Waals surface area (Å²) in [6, 6.07) is 0.565. The molecule has 0 unspecified atom stereocenters. The van der Waals surface area contributed by atoms with Gasteiger partial charge in [-0.2, -0.15) is 0 Å². The summed E-state index contributed by atoms with van der Waals surface area (Å²) in [6.07, 6.45) is 0. The molecule has 1 aliphatic rings. The largest absolute Gasteiger partial charge is 0.373 e. The number of rotatable bonds is 5. The molecule has 1 N–H and O–H groups in total. The molecule has 0 radical (unpaired) electrons. The Labute approximate surface area is 107 Å². The summed E-state index contributed by atoms with van der Waals surface area (Å²) in [5, 5.41) is 3.54. The lowest BCUT2D eigenvalue weighted by molar-refractivity contribution is -0.0925. The van der Waals surface area contributed by atoms with E-state index in [0.29, 0.717) is 11.5 Å². The SMILES string of the molecule is CC(C)NCC(C)(C)CN1CCOC(C)(C)C1. The number of hydrogen-bond acceptors (Lipinski definition) is 3. The van der Waals surface area contributed by atoms with Crippen LogP contribution in [0.1, 0.15) is 41.5 Å². The summed E-state index contributed by atoms with van der Waals surface area (Å²) >= 11 is 0. The Morgan fingerprint density at radius 3 is 2.53 bits per heavy atom. The topological polar surface area (TPSA) is 24.5 Å². The van der Waals surface area contributed by atoms with Crippen LogP contribution in [0.25, 0.3) is 0 Å². The molecule has 17 heavy (non-hydrogen) atoms. The second-order valence-electron chi connectivity index (χ2n) is 7.02. The molecule has 0 aromatic heterocycles. The average molecular weight is 242 g/mol. The maximum Gasteiger partial charge on any atom is 0.0753 e. The molecule has 3 nitrogen and oxygen atoms in total. The highest BCUT2D eigenvalue weighted by atomic mass is 16.5. The third-order valence-corrected chi connectivity index (χ3v) is 3.15. The van der Waals surface area contributed by atoms with Crippen molar-refractivity contribution in [2.75, 3.05) is 32.8 Å². The highest BCUT2D eigenvalue weighted by Gasteiger charge is 2.30. The molecule has 1 saturated heterocycles. The van der Waals surface area contributed by atoms with Crippen molar-refractivity contribution in [3.8, 4) is 0 Å². The van der Waals surface area contributed by atoms with E-state index in [0.717, 1.165) is 32.8 Å². The van der Waals surface area contributed by atoms with E-state index in [4.69, 9.17) is 4.74 Å². The standard InChI is InChI=1S/C14H30N2O/c1-12(2)15-9-13(3,4)10-16-7-8-17-14(5,6)11-16/h12,15H,7-11H2,1-6H3. The summed E-state index contributed by atoms with van der Waals surface area (Å²) in [5.41, 5.74) is 0.331. The van der Waals surface area contributed by atoms with Gasteiger partial charge in [0.2, 0.25) is 0 Å². The fraction of sp³-hybridized carbons (Fsp3) is 1.00. The van der Waals surface area contributed by atoms with Crippen LogP contribution >= 0.6 is 0 Å². The molecule has 0 saturated carbocycles. The van der Waals surface area contributed by atoms with Crippen molar-refractivity contribution >= 4 is 0 Å². The van der Waals surface area contributed by atoms with Gasteiger partial charge in [-0.25, -0.2) is 0 Å². The number of ether oxygens (including phenoxy) is 1. The van der Waals surface area contributed by atoms with Crippen LogP contribution in [0.3, 0.4) is 0 Å². The van der Waals surface area contributed by atoms with Crippen molar-refractivity contribution in [3.05, 3.63) is 0 Å². The zero-order valence-corrected chi connectivity index (χ0v) is 12.5. The highest BCUT2D eigenvalue weighted by Crippen LogP contribution is 2.22. The minimum atomic E-state index is 0.0137. The Morgan fingerprint density at radius 2 is 2.00 bits per heavy atom. The van der Waals surface area contributed by atoms with Gasteiger partial charge in [0.25, 0.3) is 0 Å². The first-order valence-corrected chi connectivity index (χ1v) is 6.80. The van der Waals surface area contributed by atoms with Gasteiger partial charge in [-0.3, -0.25) is 4.90 Å². The Bertz CT molecular complexity index is 236. The summed E-state index contributed by atoms with van der Waals surface area (Å²) in [7, 11) is 0. The molecule has 1 fully saturated rings. The minimum absolute atomic E-state index is 0.0137. The molecule has 0 bridgehead atoms. The maximum atomic E-state index is 5.75. The van der Waals surface area contributed by atoms with Gasteiger partial charge in [0.1, 0.15) is 0 Å². The van der Waals surface area contributed by atoms with Crippen molar-refractivity contribution in [3.63, 3.8) is 0 Å². The first kappa shape index (κ1) is 14.9. The number of morpholine rings is 1. The second kappa shape index (κ2) is 5.68. The van der Waals surface area contributed by atoms with E-state index in [2.05, 4.69) is 51.8 Å². The van der Waals surface area contributed by atoms with Crippen LogP contribution in [0.5, 0.6) is 0 Å². The highest BCUT2D eigenvalue weighted by molar-refractivity contribution is 4.84. The molecule has 102 valence electrons. The molecule has 0 spiro atoms. The molecule has 0 aromatic rings. The fourth-order valence-electron chi connectivity index (χ4n) is 2.39. The first-order valence-electron chi connectivity index (χ1n) is 6.80. The molecule has 1 aliphatic heterocycles. The van der Waals surface area contributed by atoms with E-state index in [1.54, 1.807) is 0 Å². The van der Waals surface area contributed by atoms with Crippen molar-refractivity contribution in [1.29, 1.82) is 0 Å². The van der Waals surface area contributed by atoms with Gasteiger partial charge >= 0.3 is 0 Å². The van der Waals surface area contributed by atoms with Crippen molar-refractivity contribution in [1.82, 2.24) is 10.2 Å². The van der Waals surface area contributed by atoms with E-state index in [9.17, 15) is 0 Å². The summed E-state index contributed by atoms with van der Waals surface area (Å²) < 4.78 is 5.75. The van der Waals surface area contributed by atoms with E-state index >= 15 is 0 Å². The minimum Gasteiger partial charge on any atom is -0.373 e. The van der Waals surface area contributed by atoms with Crippen LogP contribution in [0.15, 0.2) is 0 Å².